The van der Waals surface area contributed by atoms with E-state index in [2.05, 4.69) is 40.1 Å². The van der Waals surface area contributed by atoms with Gasteiger partial charge in [0.2, 0.25) is 0 Å². The maximum absolute atomic E-state index is 13.3. The molecule has 10 rings (SSSR count). The lowest BCUT2D eigenvalue weighted by atomic mass is 10.0. The fraction of sp³-hybridized carbons (Fsp3) is 0.173. The lowest BCUT2D eigenvalue weighted by Crippen LogP contribution is -2.36. The Hall–Kier alpha value is -8.59. The molecule has 6 aromatic carbocycles. The minimum Gasteiger partial charge on any atom is -0.399 e. The summed E-state index contributed by atoms with van der Waals surface area (Å²) in [4.78, 5) is 48.6. The van der Waals surface area contributed by atoms with Crippen molar-refractivity contribution < 1.29 is 32.6 Å². The van der Waals surface area contributed by atoms with Gasteiger partial charge in [-0.25, -0.2) is 18.7 Å². The molecule has 2 saturated heterocycles. The van der Waals surface area contributed by atoms with E-state index in [-0.39, 0.29) is 23.1 Å². The summed E-state index contributed by atoms with van der Waals surface area (Å²) in [5.41, 5.74) is 13.0. The molecular weight excluding hydrogens is 883 g/mol. The molecule has 8 aromatic rings. The number of ether oxygens (including phenoxy) is 3. The van der Waals surface area contributed by atoms with Gasteiger partial charge < -0.3 is 40.4 Å². The molecular formula is C52H46F2N10O5. The highest BCUT2D eigenvalue weighted by atomic mass is 19.1. The molecule has 0 unspecified atom stereocenters. The van der Waals surface area contributed by atoms with Gasteiger partial charge in [-0.15, -0.1) is 5.26 Å². The van der Waals surface area contributed by atoms with Crippen LogP contribution >= 0.6 is 0 Å². The van der Waals surface area contributed by atoms with E-state index in [0.717, 1.165) is 60.6 Å². The van der Waals surface area contributed by atoms with E-state index < -0.39 is 5.82 Å². The third-order valence-corrected chi connectivity index (χ3v) is 10.9. The van der Waals surface area contributed by atoms with Crippen molar-refractivity contribution in [2.75, 3.05) is 85.4 Å². The number of fused-ring (bicyclic) bond motifs is 2. The second kappa shape index (κ2) is 22.7. The predicted molar refractivity (Wildman–Crippen MR) is 260 cm³/mol. The van der Waals surface area contributed by atoms with Gasteiger partial charge in [0.15, 0.2) is 11.6 Å². The minimum absolute atomic E-state index is 0.0761. The van der Waals surface area contributed by atoms with Gasteiger partial charge in [0, 0.05) is 71.6 Å². The molecule has 2 aliphatic rings. The average Bonchev–Trinajstić information content (AvgIpc) is 3.39. The van der Waals surface area contributed by atoms with Crippen LogP contribution in [0.2, 0.25) is 0 Å². The first kappa shape index (κ1) is 46.9. The molecule has 17 heteroatoms. The molecule has 0 radical (unpaired) electrons. The van der Waals surface area contributed by atoms with Gasteiger partial charge in [-0.2, -0.15) is 0 Å². The molecule has 0 aliphatic carbocycles. The predicted octanol–water partition coefficient (Wildman–Crippen LogP) is 8.28. The number of anilines is 5. The lowest BCUT2D eigenvalue weighted by molar-refractivity contribution is 0.103. The summed E-state index contributed by atoms with van der Waals surface area (Å²) >= 11 is 0. The normalized spacial score (nSPS) is 13.2. The van der Waals surface area contributed by atoms with Crippen LogP contribution in [-0.4, -0.2) is 90.8 Å². The Balaban J connectivity index is 0.000000160. The van der Waals surface area contributed by atoms with Gasteiger partial charge in [0.1, 0.15) is 29.0 Å². The fourth-order valence-corrected chi connectivity index (χ4v) is 7.39. The number of nitrogens with two attached hydrogens (primary N) is 1. The number of nitrogen functional groups attached to an aromatic ring is 1. The summed E-state index contributed by atoms with van der Waals surface area (Å²) < 4.78 is 40.8. The van der Waals surface area contributed by atoms with Gasteiger partial charge >= 0.3 is 0 Å². The van der Waals surface area contributed by atoms with Crippen LogP contribution in [0.3, 0.4) is 0 Å². The Bertz CT molecular complexity index is 3120. The van der Waals surface area contributed by atoms with E-state index in [1.807, 2.05) is 24.3 Å². The van der Waals surface area contributed by atoms with Crippen LogP contribution in [0.4, 0.5) is 37.5 Å². The summed E-state index contributed by atoms with van der Waals surface area (Å²) in [7, 11) is 0. The molecule has 0 atom stereocenters. The van der Waals surface area contributed by atoms with Gasteiger partial charge in [-0.05, 0) is 91.0 Å². The number of hydrogen-bond donors (Lipinski definition) is 3. The second-order valence-corrected chi connectivity index (χ2v) is 15.6. The minimum atomic E-state index is -0.409. The topological polar surface area (TPSA) is 194 Å². The summed E-state index contributed by atoms with van der Waals surface area (Å²) in [6, 6.07) is 36.7. The zero-order valence-corrected chi connectivity index (χ0v) is 37.2. The zero-order chi connectivity index (χ0) is 48.0. The molecule has 0 bridgehead atoms. The molecule has 348 valence electrons. The summed E-state index contributed by atoms with van der Waals surface area (Å²) in [6.45, 7) is 6.22. The lowest BCUT2D eigenvalue weighted by Gasteiger charge is -2.27. The molecule has 69 heavy (non-hydrogen) atoms. The number of ketones is 2. The average molecular weight is 929 g/mol. The van der Waals surface area contributed by atoms with Crippen LogP contribution in [0.25, 0.3) is 22.1 Å². The number of carbonyl (C=O) groups excluding carboxylic acids is 2. The fourth-order valence-electron chi connectivity index (χ4n) is 7.39. The van der Waals surface area contributed by atoms with Gasteiger partial charge in [-0.1, -0.05) is 36.4 Å². The van der Waals surface area contributed by atoms with Crippen molar-refractivity contribution in [1.82, 2.24) is 19.9 Å². The van der Waals surface area contributed by atoms with Crippen LogP contribution in [0, 0.1) is 23.2 Å². The molecule has 0 spiro atoms. The first-order chi connectivity index (χ1) is 33.7. The SMILES string of the molecule is N#COc1cccc(F)c1.Nc1cccc(C(=O)c2ccc3ncc(N4CCOCC4)nc3c2)c1.O=C(c1cccc(NCNc2cccc(F)c2)c1)c1ccc2ncc(N3CCOCC3)nc2c1. The molecule has 2 aliphatic heterocycles. The maximum atomic E-state index is 13.3. The van der Waals surface area contributed by atoms with Crippen LogP contribution in [0.1, 0.15) is 31.8 Å². The summed E-state index contributed by atoms with van der Waals surface area (Å²) in [5.74, 6) is 0.946. The van der Waals surface area contributed by atoms with E-state index in [4.69, 9.17) is 25.5 Å². The van der Waals surface area contributed by atoms with Crippen molar-refractivity contribution in [2.45, 2.75) is 0 Å². The third kappa shape index (κ3) is 12.7. The Morgan fingerprint density at radius 3 is 1.59 bits per heavy atom. The number of nitrogens with zero attached hydrogens (tertiary/aromatic N) is 7. The van der Waals surface area contributed by atoms with Crippen LogP contribution in [-0.2, 0) is 9.47 Å². The van der Waals surface area contributed by atoms with Crippen molar-refractivity contribution in [3.05, 3.63) is 180 Å². The Morgan fingerprint density at radius 2 is 1.07 bits per heavy atom. The number of nitriles is 1. The third-order valence-electron chi connectivity index (χ3n) is 10.9. The standard InChI is InChI=1S/C26H24FN5O2.C19H18N4O2.C7H4FNO/c27-20-4-2-6-22(15-20)30-17-29-21-5-1-3-18(13-21)26(33)19-7-8-23-24(14-19)31-25(16-28-23)32-9-11-34-12-10-32;20-15-3-1-2-13(10-15)19(24)14-4-5-16-17(11-14)22-18(12-21-16)23-6-8-25-9-7-23;8-6-2-1-3-7(4-6)10-5-9/h1-8,13-16,29-30H,9-12,17H2;1-5,10-12H,6-9,20H2;1-4H. The van der Waals surface area contributed by atoms with E-state index in [0.29, 0.717) is 77.8 Å². The molecule has 2 aromatic heterocycles. The van der Waals surface area contributed by atoms with Crippen molar-refractivity contribution >= 4 is 62.3 Å². The van der Waals surface area contributed by atoms with Crippen molar-refractivity contribution in [2.24, 2.45) is 0 Å². The highest BCUT2D eigenvalue weighted by Gasteiger charge is 2.17. The smallest absolute Gasteiger partial charge is 0.292 e. The second-order valence-electron chi connectivity index (χ2n) is 15.6. The summed E-state index contributed by atoms with van der Waals surface area (Å²) in [5, 5.41) is 14.3. The monoisotopic (exact) mass is 928 g/mol. The molecule has 4 heterocycles. The van der Waals surface area contributed by atoms with Gasteiger partial charge in [-0.3, -0.25) is 19.6 Å². The number of aromatic nitrogens is 4. The number of benzene rings is 6. The Kier molecular flexibility index (Phi) is 15.5. The van der Waals surface area contributed by atoms with Crippen molar-refractivity contribution in [3.8, 4) is 12.0 Å². The Labute approximate surface area is 396 Å². The van der Waals surface area contributed by atoms with Crippen molar-refractivity contribution in [1.29, 1.82) is 5.26 Å². The molecule has 4 N–H and O–H groups in total. The summed E-state index contributed by atoms with van der Waals surface area (Å²) in [6.07, 6.45) is 4.98. The van der Waals surface area contributed by atoms with E-state index >= 15 is 0 Å². The van der Waals surface area contributed by atoms with E-state index in [9.17, 15) is 18.4 Å². The van der Waals surface area contributed by atoms with Crippen LogP contribution in [0.5, 0.6) is 5.75 Å². The largest absolute Gasteiger partial charge is 0.399 e. The maximum Gasteiger partial charge on any atom is 0.292 e. The molecule has 2 fully saturated rings. The molecule has 0 amide bonds. The number of nitrogens with one attached hydrogen (secondary N) is 2. The number of morpholine rings is 2. The zero-order valence-electron chi connectivity index (χ0n) is 37.2. The van der Waals surface area contributed by atoms with Gasteiger partial charge in [0.05, 0.1) is 67.6 Å². The first-order valence-corrected chi connectivity index (χ1v) is 22.0. The van der Waals surface area contributed by atoms with Crippen LogP contribution < -0.4 is 30.9 Å². The number of hydrogen-bond acceptors (Lipinski definition) is 15. The molecule has 0 saturated carbocycles. The first-order valence-electron chi connectivity index (χ1n) is 22.0. The molecule has 15 nitrogen and oxygen atoms in total. The Morgan fingerprint density at radius 1 is 0.594 bits per heavy atom. The number of rotatable bonds is 11. The van der Waals surface area contributed by atoms with E-state index in [1.54, 1.807) is 85.2 Å². The van der Waals surface area contributed by atoms with E-state index in [1.165, 1.54) is 36.6 Å². The van der Waals surface area contributed by atoms with Gasteiger partial charge in [0.25, 0.3) is 6.26 Å². The van der Waals surface area contributed by atoms with Crippen molar-refractivity contribution in [3.63, 3.8) is 0 Å². The number of halogens is 2. The van der Waals surface area contributed by atoms with Crippen LogP contribution in [0.15, 0.2) is 146 Å². The highest BCUT2D eigenvalue weighted by Crippen LogP contribution is 2.23. The quantitative estimate of drug-likeness (QED) is 0.0485. The highest BCUT2D eigenvalue weighted by molar-refractivity contribution is 6.11. The number of carbonyl (C=O) groups is 2.